The molecule has 0 bridgehead atoms. The first-order valence-corrected chi connectivity index (χ1v) is 14.7. The van der Waals surface area contributed by atoms with Crippen LogP contribution in [0.25, 0.3) is 0 Å². The molecule has 0 fully saturated rings. The average Bonchev–Trinajstić information content (AvgIpc) is 2.89. The van der Waals surface area contributed by atoms with Gasteiger partial charge in [0.15, 0.2) is 11.5 Å². The summed E-state index contributed by atoms with van der Waals surface area (Å²) in [5, 5.41) is 2.93. The summed E-state index contributed by atoms with van der Waals surface area (Å²) >= 11 is 0. The van der Waals surface area contributed by atoms with Crippen LogP contribution in [0.5, 0.6) is 11.5 Å². The van der Waals surface area contributed by atoms with E-state index in [9.17, 15) is 18.0 Å². The maximum Gasteiger partial charge on any atom is 0.244 e. The van der Waals surface area contributed by atoms with Crippen LogP contribution >= 0.6 is 0 Å². The Kier molecular flexibility index (Phi) is 10.0. The van der Waals surface area contributed by atoms with Crippen molar-refractivity contribution in [2.24, 2.45) is 5.92 Å². The molecule has 2 aromatic rings. The molecule has 10 heteroatoms. The summed E-state index contributed by atoms with van der Waals surface area (Å²) in [6, 6.07) is 11.8. The van der Waals surface area contributed by atoms with Gasteiger partial charge in [0, 0.05) is 19.2 Å². The van der Waals surface area contributed by atoms with Gasteiger partial charge >= 0.3 is 0 Å². The zero-order valence-corrected chi connectivity index (χ0v) is 23.7. The molecule has 0 aliphatic carbocycles. The third-order valence-electron chi connectivity index (χ3n) is 6.30. The SMILES string of the molecule is CC[C@@H](C(=O)NCC(C)C)N(Cc1cccc(C)c1)C(=O)CN(c1ccc2c(c1)OCCO2)S(=O)(=O)CC. The minimum absolute atomic E-state index is 0.176. The first-order valence-electron chi connectivity index (χ1n) is 13.1. The normalized spacial score (nSPS) is 13.6. The summed E-state index contributed by atoms with van der Waals surface area (Å²) in [6.45, 7) is 10.3. The molecular weight excluding hydrogens is 506 g/mol. The van der Waals surface area contributed by atoms with E-state index in [1.54, 1.807) is 18.2 Å². The van der Waals surface area contributed by atoms with Crippen molar-refractivity contribution in [1.82, 2.24) is 10.2 Å². The number of anilines is 1. The van der Waals surface area contributed by atoms with E-state index in [1.807, 2.05) is 52.0 Å². The molecule has 208 valence electrons. The number of aryl methyl sites for hydroxylation is 1. The maximum absolute atomic E-state index is 13.9. The highest BCUT2D eigenvalue weighted by Crippen LogP contribution is 2.35. The summed E-state index contributed by atoms with van der Waals surface area (Å²) in [5.41, 5.74) is 2.19. The fraction of sp³-hybridized carbons (Fsp3) is 0.500. The zero-order valence-electron chi connectivity index (χ0n) is 22.9. The number of amides is 2. The molecule has 9 nitrogen and oxygen atoms in total. The Morgan fingerprint density at radius 1 is 1.03 bits per heavy atom. The quantitative estimate of drug-likeness (QED) is 0.438. The fourth-order valence-corrected chi connectivity index (χ4v) is 5.31. The van der Waals surface area contributed by atoms with Crippen LogP contribution in [0.2, 0.25) is 0 Å². The van der Waals surface area contributed by atoms with Crippen molar-refractivity contribution in [3.8, 4) is 11.5 Å². The summed E-state index contributed by atoms with van der Waals surface area (Å²) in [4.78, 5) is 28.6. The molecule has 1 heterocycles. The second-order valence-electron chi connectivity index (χ2n) is 9.81. The lowest BCUT2D eigenvalue weighted by molar-refractivity contribution is -0.140. The smallest absolute Gasteiger partial charge is 0.244 e. The predicted molar refractivity (Wildman–Crippen MR) is 148 cm³/mol. The van der Waals surface area contributed by atoms with E-state index in [0.29, 0.717) is 43.4 Å². The van der Waals surface area contributed by atoms with Crippen LogP contribution in [0.4, 0.5) is 5.69 Å². The number of rotatable bonds is 12. The van der Waals surface area contributed by atoms with Crippen molar-refractivity contribution >= 4 is 27.5 Å². The van der Waals surface area contributed by atoms with Crippen LogP contribution in [0.15, 0.2) is 42.5 Å². The Hall–Kier alpha value is -3.27. The van der Waals surface area contributed by atoms with Gasteiger partial charge in [-0.3, -0.25) is 13.9 Å². The summed E-state index contributed by atoms with van der Waals surface area (Å²) in [7, 11) is -3.83. The van der Waals surface area contributed by atoms with E-state index in [0.717, 1.165) is 15.4 Å². The van der Waals surface area contributed by atoms with Crippen LogP contribution in [-0.2, 0) is 26.2 Å². The molecule has 2 aromatic carbocycles. The zero-order chi connectivity index (χ0) is 27.9. The van der Waals surface area contributed by atoms with E-state index >= 15 is 0 Å². The number of fused-ring (bicyclic) bond motifs is 1. The second-order valence-corrected chi connectivity index (χ2v) is 12.0. The van der Waals surface area contributed by atoms with Gasteiger partial charge in [-0.2, -0.15) is 0 Å². The molecule has 38 heavy (non-hydrogen) atoms. The lowest BCUT2D eigenvalue weighted by atomic mass is 10.1. The van der Waals surface area contributed by atoms with E-state index in [4.69, 9.17) is 9.47 Å². The summed E-state index contributed by atoms with van der Waals surface area (Å²) in [5.74, 6) is 0.274. The Morgan fingerprint density at radius 2 is 1.74 bits per heavy atom. The molecule has 0 spiro atoms. The number of hydrogen-bond acceptors (Lipinski definition) is 6. The highest BCUT2D eigenvalue weighted by Gasteiger charge is 2.33. The number of nitrogens with one attached hydrogen (secondary N) is 1. The molecular formula is C28H39N3O6S. The van der Waals surface area contributed by atoms with Gasteiger partial charge in [-0.05, 0) is 43.9 Å². The highest BCUT2D eigenvalue weighted by atomic mass is 32.2. The van der Waals surface area contributed by atoms with Gasteiger partial charge in [-0.25, -0.2) is 8.42 Å². The van der Waals surface area contributed by atoms with Crippen LogP contribution in [-0.4, -0.2) is 63.2 Å². The predicted octanol–water partition coefficient (Wildman–Crippen LogP) is 3.50. The van der Waals surface area contributed by atoms with E-state index in [1.165, 1.54) is 11.8 Å². The number of hydrogen-bond donors (Lipinski definition) is 1. The second kappa shape index (κ2) is 13.0. The van der Waals surface area contributed by atoms with Crippen LogP contribution in [0.3, 0.4) is 0 Å². The molecule has 1 aliphatic heterocycles. The largest absolute Gasteiger partial charge is 0.486 e. The number of sulfonamides is 1. The van der Waals surface area contributed by atoms with Gasteiger partial charge in [-0.15, -0.1) is 0 Å². The van der Waals surface area contributed by atoms with Crippen LogP contribution in [0.1, 0.15) is 45.2 Å². The summed E-state index contributed by atoms with van der Waals surface area (Å²) in [6.07, 6.45) is 0.381. The topological polar surface area (TPSA) is 105 Å². The van der Waals surface area contributed by atoms with E-state index in [2.05, 4.69) is 5.32 Å². The number of carbonyl (C=O) groups excluding carboxylic acids is 2. The molecule has 1 N–H and O–H groups in total. The van der Waals surface area contributed by atoms with Crippen molar-refractivity contribution in [3.63, 3.8) is 0 Å². The average molecular weight is 546 g/mol. The van der Waals surface area contributed by atoms with Crippen molar-refractivity contribution in [2.45, 2.75) is 53.6 Å². The monoisotopic (exact) mass is 545 g/mol. The molecule has 0 aromatic heterocycles. The Bertz CT molecular complexity index is 1230. The molecule has 1 atom stereocenters. The van der Waals surface area contributed by atoms with E-state index in [-0.39, 0.29) is 24.1 Å². The molecule has 0 unspecified atom stereocenters. The number of nitrogens with zero attached hydrogens (tertiary/aromatic N) is 2. The molecule has 0 saturated heterocycles. The van der Waals surface area contributed by atoms with Gasteiger partial charge in [-0.1, -0.05) is 50.6 Å². The Labute approximate surface area is 226 Å². The summed E-state index contributed by atoms with van der Waals surface area (Å²) < 4.78 is 38.7. The molecule has 0 radical (unpaired) electrons. The van der Waals surface area contributed by atoms with Crippen LogP contribution in [0, 0.1) is 12.8 Å². The van der Waals surface area contributed by atoms with Crippen molar-refractivity contribution in [2.75, 3.05) is 36.4 Å². The van der Waals surface area contributed by atoms with Crippen molar-refractivity contribution in [3.05, 3.63) is 53.6 Å². The van der Waals surface area contributed by atoms with Gasteiger partial charge < -0.3 is 19.7 Å². The Balaban J connectivity index is 1.97. The van der Waals surface area contributed by atoms with E-state index < -0.39 is 28.5 Å². The minimum atomic E-state index is -3.83. The van der Waals surface area contributed by atoms with Gasteiger partial charge in [0.25, 0.3) is 0 Å². The van der Waals surface area contributed by atoms with Crippen molar-refractivity contribution < 1.29 is 27.5 Å². The first-order chi connectivity index (χ1) is 18.1. The standard InChI is InChI=1S/C28H39N3O6S/c1-6-24(28(33)29-17-20(3)4)30(18-22-10-8-9-21(5)15-22)27(32)19-31(38(34,35)7-2)23-11-12-25-26(16-23)37-14-13-36-25/h8-12,15-16,20,24H,6-7,13-14,17-19H2,1-5H3,(H,29,33)/t24-/m0/s1. The van der Waals surface area contributed by atoms with Gasteiger partial charge in [0.1, 0.15) is 25.8 Å². The maximum atomic E-state index is 13.9. The van der Waals surface area contributed by atoms with Gasteiger partial charge in [0.05, 0.1) is 11.4 Å². The fourth-order valence-electron chi connectivity index (χ4n) is 4.26. The van der Waals surface area contributed by atoms with Crippen molar-refractivity contribution in [1.29, 1.82) is 0 Å². The van der Waals surface area contributed by atoms with Gasteiger partial charge in [0.2, 0.25) is 21.8 Å². The number of benzene rings is 2. The lowest BCUT2D eigenvalue weighted by Gasteiger charge is -2.33. The molecule has 1 aliphatic rings. The van der Waals surface area contributed by atoms with Crippen LogP contribution < -0.4 is 19.1 Å². The first kappa shape index (κ1) is 29.3. The molecule has 0 saturated carbocycles. The highest BCUT2D eigenvalue weighted by molar-refractivity contribution is 7.92. The number of ether oxygens (including phenoxy) is 2. The molecule has 3 rings (SSSR count). The molecule has 2 amide bonds. The Morgan fingerprint density at radius 3 is 2.37 bits per heavy atom. The minimum Gasteiger partial charge on any atom is -0.486 e. The lowest BCUT2D eigenvalue weighted by Crippen LogP contribution is -2.52. The third-order valence-corrected chi connectivity index (χ3v) is 8.04. The third kappa shape index (κ3) is 7.40. The number of carbonyl (C=O) groups is 2.